The first kappa shape index (κ1) is 23.4. The predicted molar refractivity (Wildman–Crippen MR) is 146 cm³/mol. The van der Waals surface area contributed by atoms with Crippen LogP contribution in [0.4, 0.5) is 0 Å². The minimum Gasteiger partial charge on any atom is -0.344 e. The maximum atomic E-state index is 7.00. The van der Waals surface area contributed by atoms with E-state index >= 15 is 0 Å². The lowest BCUT2D eigenvalue weighted by Gasteiger charge is -2.36. The van der Waals surface area contributed by atoms with Crippen LogP contribution in [-0.4, -0.2) is 12.2 Å². The Labute approximate surface area is 205 Å². The highest BCUT2D eigenvalue weighted by Crippen LogP contribution is 2.45. The Bertz CT molecular complexity index is 952. The molecule has 1 saturated carbocycles. The van der Waals surface area contributed by atoms with Crippen molar-refractivity contribution < 1.29 is 9.05 Å². The van der Waals surface area contributed by atoms with Gasteiger partial charge in [0, 0.05) is 21.2 Å². The van der Waals surface area contributed by atoms with Crippen molar-refractivity contribution in [2.24, 2.45) is 0 Å². The second-order valence-electron chi connectivity index (χ2n) is 8.50. The summed E-state index contributed by atoms with van der Waals surface area (Å²) in [6, 6.07) is 42.7. The molecule has 0 spiro atoms. The second kappa shape index (κ2) is 11.9. The Balaban J connectivity index is 1.43. The number of rotatable bonds is 8. The van der Waals surface area contributed by atoms with Gasteiger partial charge in [0.1, 0.15) is 0 Å². The van der Waals surface area contributed by atoms with E-state index in [1.807, 2.05) is 0 Å². The lowest BCUT2D eigenvalue weighted by molar-refractivity contribution is 0.0414. The van der Waals surface area contributed by atoms with Gasteiger partial charge in [-0.05, 0) is 12.8 Å². The van der Waals surface area contributed by atoms with Crippen LogP contribution in [0.15, 0.2) is 121 Å². The average Bonchev–Trinajstić information content (AvgIpc) is 2.93. The Hall–Kier alpha value is -2.34. The van der Waals surface area contributed by atoms with Crippen LogP contribution < -0.4 is 21.2 Å². The van der Waals surface area contributed by atoms with Crippen LogP contribution >= 0.6 is 16.3 Å². The molecule has 0 aliphatic heterocycles. The molecular formula is C30H30O2P2. The van der Waals surface area contributed by atoms with Gasteiger partial charge in [-0.3, -0.25) is 0 Å². The number of hydrogen-bond donors (Lipinski definition) is 0. The topological polar surface area (TPSA) is 18.5 Å². The van der Waals surface area contributed by atoms with Gasteiger partial charge in [0.25, 0.3) is 0 Å². The van der Waals surface area contributed by atoms with Gasteiger partial charge in [0.15, 0.2) is 0 Å². The van der Waals surface area contributed by atoms with Crippen LogP contribution in [0, 0.1) is 0 Å². The first-order valence-corrected chi connectivity index (χ1v) is 14.5. The van der Waals surface area contributed by atoms with Gasteiger partial charge in [0.05, 0.1) is 28.5 Å². The summed E-state index contributed by atoms with van der Waals surface area (Å²) in [4.78, 5) is 0. The van der Waals surface area contributed by atoms with E-state index in [0.29, 0.717) is 0 Å². The third kappa shape index (κ3) is 5.83. The molecule has 0 saturated heterocycles. The molecule has 4 aromatic carbocycles. The largest absolute Gasteiger partial charge is 0.344 e. The van der Waals surface area contributed by atoms with Crippen molar-refractivity contribution in [2.45, 2.75) is 37.9 Å². The minimum absolute atomic E-state index is 0.0812. The zero-order valence-electron chi connectivity index (χ0n) is 19.2. The van der Waals surface area contributed by atoms with E-state index in [0.717, 1.165) is 12.8 Å². The van der Waals surface area contributed by atoms with Gasteiger partial charge in [-0.2, -0.15) is 0 Å². The van der Waals surface area contributed by atoms with Crippen LogP contribution in [-0.2, 0) is 9.05 Å². The summed E-state index contributed by atoms with van der Waals surface area (Å²) in [7, 11) is -1.81. The van der Waals surface area contributed by atoms with Crippen molar-refractivity contribution in [3.05, 3.63) is 121 Å². The average molecular weight is 485 g/mol. The monoisotopic (exact) mass is 484 g/mol. The Morgan fingerprint density at radius 3 is 0.941 bits per heavy atom. The molecule has 172 valence electrons. The smallest absolute Gasteiger partial charge is 0.0923 e. The molecule has 2 atom stereocenters. The zero-order valence-corrected chi connectivity index (χ0v) is 21.0. The summed E-state index contributed by atoms with van der Waals surface area (Å²) in [5.41, 5.74) is 0. The van der Waals surface area contributed by atoms with E-state index < -0.39 is 16.3 Å². The molecule has 1 aliphatic carbocycles. The lowest BCUT2D eigenvalue weighted by Crippen LogP contribution is -2.36. The van der Waals surface area contributed by atoms with Crippen LogP contribution in [0.25, 0.3) is 0 Å². The van der Waals surface area contributed by atoms with Gasteiger partial charge in [0.2, 0.25) is 0 Å². The lowest BCUT2D eigenvalue weighted by atomic mass is 9.95. The standard InChI is InChI=1S/C30H30O2P2/c1-5-15-25(16-6-1)33(26-17-7-2-8-18-26)31-29-23-13-14-24-30(29)32-34(27-19-9-3-10-20-27)28-21-11-4-12-22-28/h1-12,15-22,29-30H,13-14,23-24H2/t29-,30-/m0/s1. The van der Waals surface area contributed by atoms with Crippen molar-refractivity contribution in [3.63, 3.8) is 0 Å². The molecule has 0 bridgehead atoms. The SMILES string of the molecule is c1ccc(P(O[C@H]2CCCC[C@@H]2OP(c2ccccc2)c2ccccc2)c2ccccc2)cc1. The molecule has 1 aliphatic rings. The van der Waals surface area contributed by atoms with Crippen molar-refractivity contribution in [2.75, 3.05) is 0 Å². The Morgan fingerprint density at radius 1 is 0.412 bits per heavy atom. The fourth-order valence-corrected chi connectivity index (χ4v) is 8.25. The third-order valence-corrected chi connectivity index (χ3v) is 10.1. The van der Waals surface area contributed by atoms with E-state index in [9.17, 15) is 0 Å². The third-order valence-electron chi connectivity index (χ3n) is 6.09. The van der Waals surface area contributed by atoms with Crippen LogP contribution in [0.3, 0.4) is 0 Å². The fourth-order valence-electron chi connectivity index (χ4n) is 4.37. The van der Waals surface area contributed by atoms with Gasteiger partial charge < -0.3 is 9.05 Å². The van der Waals surface area contributed by atoms with Gasteiger partial charge >= 0.3 is 0 Å². The quantitative estimate of drug-likeness (QED) is 0.269. The maximum absolute atomic E-state index is 7.00. The second-order valence-corrected chi connectivity index (χ2v) is 12.2. The summed E-state index contributed by atoms with van der Waals surface area (Å²) in [5.74, 6) is 0. The highest BCUT2D eigenvalue weighted by Gasteiger charge is 2.33. The first-order valence-electron chi connectivity index (χ1n) is 12.0. The van der Waals surface area contributed by atoms with Crippen LogP contribution in [0.5, 0.6) is 0 Å². The van der Waals surface area contributed by atoms with Gasteiger partial charge in [-0.25, -0.2) is 0 Å². The molecule has 0 radical (unpaired) electrons. The summed E-state index contributed by atoms with van der Waals surface area (Å²) in [5, 5.41) is 5.01. The highest BCUT2D eigenvalue weighted by molar-refractivity contribution is 7.69. The van der Waals surface area contributed by atoms with Crippen LogP contribution in [0.1, 0.15) is 25.7 Å². The van der Waals surface area contributed by atoms with Crippen LogP contribution in [0.2, 0.25) is 0 Å². The molecule has 5 rings (SSSR count). The molecule has 4 aromatic rings. The molecule has 0 heterocycles. The molecule has 4 heteroatoms. The Morgan fingerprint density at radius 2 is 0.676 bits per heavy atom. The fraction of sp³-hybridized carbons (Fsp3) is 0.200. The molecule has 2 nitrogen and oxygen atoms in total. The van der Waals surface area contributed by atoms with Crippen molar-refractivity contribution in [1.29, 1.82) is 0 Å². The predicted octanol–water partition coefficient (Wildman–Crippen LogP) is 6.43. The van der Waals surface area contributed by atoms with E-state index in [4.69, 9.17) is 9.05 Å². The molecule has 0 aromatic heterocycles. The molecule has 34 heavy (non-hydrogen) atoms. The van der Waals surface area contributed by atoms with Crippen molar-refractivity contribution >= 4 is 37.5 Å². The number of benzene rings is 4. The number of hydrogen-bond acceptors (Lipinski definition) is 2. The van der Waals surface area contributed by atoms with E-state index in [2.05, 4.69) is 121 Å². The van der Waals surface area contributed by atoms with E-state index in [1.54, 1.807) is 0 Å². The van der Waals surface area contributed by atoms with Crippen molar-refractivity contribution in [1.82, 2.24) is 0 Å². The first-order chi connectivity index (χ1) is 16.9. The minimum atomic E-state index is -0.907. The molecule has 0 amide bonds. The highest BCUT2D eigenvalue weighted by atomic mass is 31.1. The summed E-state index contributed by atoms with van der Waals surface area (Å²) in [6.07, 6.45) is 4.61. The summed E-state index contributed by atoms with van der Waals surface area (Å²) >= 11 is 0. The summed E-state index contributed by atoms with van der Waals surface area (Å²) < 4.78 is 14.0. The van der Waals surface area contributed by atoms with Gasteiger partial charge in [-0.1, -0.05) is 134 Å². The molecule has 1 fully saturated rings. The van der Waals surface area contributed by atoms with Crippen molar-refractivity contribution in [3.8, 4) is 0 Å². The normalized spacial score (nSPS) is 18.3. The van der Waals surface area contributed by atoms with E-state index in [1.165, 1.54) is 34.1 Å². The maximum Gasteiger partial charge on any atom is 0.0923 e. The molecule has 0 unspecified atom stereocenters. The Kier molecular flexibility index (Phi) is 8.17. The molecular weight excluding hydrogens is 454 g/mol. The zero-order chi connectivity index (χ0) is 23.0. The summed E-state index contributed by atoms with van der Waals surface area (Å²) in [6.45, 7) is 0. The molecule has 0 N–H and O–H groups in total. The van der Waals surface area contributed by atoms with Gasteiger partial charge in [-0.15, -0.1) is 0 Å². The van der Waals surface area contributed by atoms with E-state index in [-0.39, 0.29) is 12.2 Å².